The molecule has 7 heteroatoms. The van der Waals surface area contributed by atoms with E-state index in [1.807, 2.05) is 49.0 Å². The summed E-state index contributed by atoms with van der Waals surface area (Å²) in [5.74, 6) is -1.79. The molecule has 0 bridgehead atoms. The zero-order chi connectivity index (χ0) is 19.8. The fourth-order valence-corrected chi connectivity index (χ4v) is 2.53. The van der Waals surface area contributed by atoms with E-state index in [0.29, 0.717) is 12.0 Å². The standard InChI is InChI=1S/C20H24N2O5/c1-4-14(2)18(20(25)26-3)21-17(23)13-27-19(24)15-8-7-9-16(12-15)22-10-5-6-11-22/h5-12,14,18H,4,13H2,1-3H3,(H,21,23)/t14-,18+/m0/s1. The van der Waals surface area contributed by atoms with E-state index >= 15 is 0 Å². The maximum Gasteiger partial charge on any atom is 0.338 e. The highest BCUT2D eigenvalue weighted by Gasteiger charge is 2.27. The Bertz CT molecular complexity index is 785. The molecule has 0 saturated heterocycles. The van der Waals surface area contributed by atoms with E-state index in [2.05, 4.69) is 5.32 Å². The van der Waals surface area contributed by atoms with E-state index in [0.717, 1.165) is 5.69 Å². The monoisotopic (exact) mass is 372 g/mol. The van der Waals surface area contributed by atoms with Crippen molar-refractivity contribution in [3.8, 4) is 5.69 Å². The summed E-state index contributed by atoms with van der Waals surface area (Å²) in [5, 5.41) is 2.56. The summed E-state index contributed by atoms with van der Waals surface area (Å²) in [5.41, 5.74) is 1.14. The molecule has 7 nitrogen and oxygen atoms in total. The normalized spacial score (nSPS) is 12.7. The summed E-state index contributed by atoms with van der Waals surface area (Å²) >= 11 is 0. The van der Waals surface area contributed by atoms with Gasteiger partial charge in [0.05, 0.1) is 12.7 Å². The van der Waals surface area contributed by atoms with Crippen molar-refractivity contribution in [3.63, 3.8) is 0 Å². The number of carbonyl (C=O) groups excluding carboxylic acids is 3. The molecule has 0 radical (unpaired) electrons. The van der Waals surface area contributed by atoms with Crippen LogP contribution < -0.4 is 5.32 Å². The maximum absolute atomic E-state index is 12.2. The van der Waals surface area contributed by atoms with Gasteiger partial charge in [0.15, 0.2) is 6.61 Å². The predicted octanol–water partition coefficient (Wildman–Crippen LogP) is 2.34. The van der Waals surface area contributed by atoms with Gasteiger partial charge in [0.2, 0.25) is 0 Å². The Morgan fingerprint density at radius 2 is 1.85 bits per heavy atom. The molecule has 0 saturated carbocycles. The Hall–Kier alpha value is -3.09. The van der Waals surface area contributed by atoms with E-state index in [1.165, 1.54) is 7.11 Å². The number of rotatable bonds is 8. The van der Waals surface area contributed by atoms with Gasteiger partial charge in [0.25, 0.3) is 5.91 Å². The van der Waals surface area contributed by atoms with Crippen molar-refractivity contribution in [3.05, 3.63) is 54.4 Å². The lowest BCUT2D eigenvalue weighted by Crippen LogP contribution is -2.47. The molecule has 2 atom stereocenters. The van der Waals surface area contributed by atoms with Crippen LogP contribution in [0.3, 0.4) is 0 Å². The number of nitrogens with zero attached hydrogens (tertiary/aromatic N) is 1. The molecule has 0 aliphatic rings. The van der Waals surface area contributed by atoms with Gasteiger partial charge in [-0.15, -0.1) is 0 Å². The van der Waals surface area contributed by atoms with Crippen LogP contribution in [-0.2, 0) is 19.1 Å². The zero-order valence-electron chi connectivity index (χ0n) is 15.7. The molecular formula is C20H24N2O5. The average molecular weight is 372 g/mol. The second-order valence-electron chi connectivity index (χ2n) is 6.17. The maximum atomic E-state index is 12.2. The molecule has 144 valence electrons. The minimum absolute atomic E-state index is 0.102. The van der Waals surface area contributed by atoms with Crippen molar-refractivity contribution in [1.82, 2.24) is 9.88 Å². The van der Waals surface area contributed by atoms with Crippen LogP contribution in [0.4, 0.5) is 0 Å². The van der Waals surface area contributed by atoms with E-state index in [-0.39, 0.29) is 5.92 Å². The van der Waals surface area contributed by atoms with Crippen LogP contribution in [0, 0.1) is 5.92 Å². The molecule has 1 aromatic carbocycles. The Morgan fingerprint density at radius 3 is 2.48 bits per heavy atom. The quantitative estimate of drug-likeness (QED) is 0.719. The number of nitrogens with one attached hydrogen (secondary N) is 1. The first kappa shape index (κ1) is 20.2. The lowest BCUT2D eigenvalue weighted by atomic mass is 9.99. The molecule has 1 heterocycles. The van der Waals surface area contributed by atoms with Gasteiger partial charge in [0, 0.05) is 18.1 Å². The number of amides is 1. The zero-order valence-corrected chi connectivity index (χ0v) is 15.7. The summed E-state index contributed by atoms with van der Waals surface area (Å²) in [6.45, 7) is 3.27. The molecule has 27 heavy (non-hydrogen) atoms. The Kier molecular flexibility index (Phi) is 7.16. The largest absolute Gasteiger partial charge is 0.467 e. The molecule has 2 rings (SSSR count). The number of ether oxygens (including phenoxy) is 2. The molecule has 2 aromatic rings. The number of hydrogen-bond donors (Lipinski definition) is 1. The minimum Gasteiger partial charge on any atom is -0.467 e. The van der Waals surface area contributed by atoms with E-state index in [4.69, 9.17) is 9.47 Å². The minimum atomic E-state index is -0.775. The van der Waals surface area contributed by atoms with Crippen molar-refractivity contribution in [2.24, 2.45) is 5.92 Å². The van der Waals surface area contributed by atoms with Crippen molar-refractivity contribution < 1.29 is 23.9 Å². The summed E-state index contributed by atoms with van der Waals surface area (Å²) in [7, 11) is 1.27. The van der Waals surface area contributed by atoms with Crippen molar-refractivity contribution in [2.75, 3.05) is 13.7 Å². The first-order valence-corrected chi connectivity index (χ1v) is 8.74. The average Bonchev–Trinajstić information content (AvgIpc) is 3.24. The fraction of sp³-hybridized carbons (Fsp3) is 0.350. The summed E-state index contributed by atoms with van der Waals surface area (Å²) in [6.07, 6.45) is 4.41. The Labute approximate surface area is 158 Å². The van der Waals surface area contributed by atoms with Crippen molar-refractivity contribution >= 4 is 17.8 Å². The molecule has 0 spiro atoms. The number of esters is 2. The van der Waals surface area contributed by atoms with Crippen LogP contribution in [0.2, 0.25) is 0 Å². The smallest absolute Gasteiger partial charge is 0.338 e. The summed E-state index contributed by atoms with van der Waals surface area (Å²) in [4.78, 5) is 36.1. The Balaban J connectivity index is 1.95. The summed E-state index contributed by atoms with van der Waals surface area (Å²) < 4.78 is 11.7. The molecule has 0 unspecified atom stereocenters. The highest BCUT2D eigenvalue weighted by atomic mass is 16.5. The number of benzene rings is 1. The van der Waals surface area contributed by atoms with E-state index < -0.39 is 30.5 Å². The fourth-order valence-electron chi connectivity index (χ4n) is 2.53. The SMILES string of the molecule is CC[C@H](C)[C@@H](NC(=O)COC(=O)c1cccc(-n2cccc2)c1)C(=O)OC. The number of methoxy groups -OCH3 is 1. The van der Waals surface area contributed by atoms with E-state index in [9.17, 15) is 14.4 Å². The van der Waals surface area contributed by atoms with Crippen LogP contribution in [0.15, 0.2) is 48.8 Å². The summed E-state index contributed by atoms with van der Waals surface area (Å²) in [6, 6.07) is 9.87. The predicted molar refractivity (Wildman–Crippen MR) is 99.5 cm³/mol. The molecule has 1 aromatic heterocycles. The highest BCUT2D eigenvalue weighted by Crippen LogP contribution is 2.12. The van der Waals surface area contributed by atoms with Gasteiger partial charge >= 0.3 is 11.9 Å². The van der Waals surface area contributed by atoms with E-state index in [1.54, 1.807) is 18.2 Å². The molecule has 0 aliphatic heterocycles. The second-order valence-corrected chi connectivity index (χ2v) is 6.17. The lowest BCUT2D eigenvalue weighted by Gasteiger charge is -2.21. The Morgan fingerprint density at radius 1 is 1.15 bits per heavy atom. The lowest BCUT2D eigenvalue weighted by molar-refractivity contribution is -0.147. The van der Waals surface area contributed by atoms with Gasteiger partial charge in [0.1, 0.15) is 6.04 Å². The van der Waals surface area contributed by atoms with Gasteiger partial charge in [-0.05, 0) is 36.2 Å². The van der Waals surface area contributed by atoms with Crippen molar-refractivity contribution in [2.45, 2.75) is 26.3 Å². The first-order chi connectivity index (χ1) is 13.0. The van der Waals surface area contributed by atoms with Gasteiger partial charge in [-0.2, -0.15) is 0 Å². The van der Waals surface area contributed by atoms with Crippen LogP contribution in [0.25, 0.3) is 5.69 Å². The van der Waals surface area contributed by atoms with Gasteiger partial charge < -0.3 is 19.4 Å². The van der Waals surface area contributed by atoms with Gasteiger partial charge in [-0.3, -0.25) is 4.79 Å². The molecule has 0 aliphatic carbocycles. The molecule has 1 N–H and O–H groups in total. The third-order valence-electron chi connectivity index (χ3n) is 4.30. The third kappa shape index (κ3) is 5.44. The topological polar surface area (TPSA) is 86.6 Å². The molecule has 0 fully saturated rings. The third-order valence-corrected chi connectivity index (χ3v) is 4.30. The van der Waals surface area contributed by atoms with Crippen LogP contribution in [0.5, 0.6) is 0 Å². The first-order valence-electron chi connectivity index (χ1n) is 8.74. The second kappa shape index (κ2) is 9.56. The van der Waals surface area contributed by atoms with Gasteiger partial charge in [-0.1, -0.05) is 26.3 Å². The molecular weight excluding hydrogens is 348 g/mol. The van der Waals surface area contributed by atoms with Crippen molar-refractivity contribution in [1.29, 1.82) is 0 Å². The number of aromatic nitrogens is 1. The van der Waals surface area contributed by atoms with Crippen LogP contribution >= 0.6 is 0 Å². The van der Waals surface area contributed by atoms with Gasteiger partial charge in [-0.25, -0.2) is 9.59 Å². The van der Waals surface area contributed by atoms with Crippen LogP contribution in [-0.4, -0.2) is 42.2 Å². The number of carbonyl (C=O) groups is 3. The molecule has 1 amide bonds. The van der Waals surface area contributed by atoms with Crippen LogP contribution in [0.1, 0.15) is 30.6 Å². The number of hydrogen-bond acceptors (Lipinski definition) is 5. The highest BCUT2D eigenvalue weighted by molar-refractivity contribution is 5.92.